The molecule has 1 heterocycles. The summed E-state index contributed by atoms with van der Waals surface area (Å²) in [6.45, 7) is 9.13. The van der Waals surface area contributed by atoms with Gasteiger partial charge in [0.05, 0.1) is 19.8 Å². The number of rotatable bonds is 10. The van der Waals surface area contributed by atoms with Gasteiger partial charge in [-0.1, -0.05) is 13.8 Å². The highest BCUT2D eigenvalue weighted by molar-refractivity contribution is 5.93. The summed E-state index contributed by atoms with van der Waals surface area (Å²) in [7, 11) is 1.68. The molecule has 1 aromatic carbocycles. The number of hydrogen-bond donors (Lipinski definition) is 2. The molecule has 1 aliphatic rings. The lowest BCUT2D eigenvalue weighted by Gasteiger charge is -2.14. The lowest BCUT2D eigenvalue weighted by Crippen LogP contribution is -2.33. The number of methoxy groups -OCH3 is 1. The normalized spacial score (nSPS) is 14.1. The Labute approximate surface area is 162 Å². The van der Waals surface area contributed by atoms with Gasteiger partial charge in [0.25, 0.3) is 0 Å². The second-order valence-electron chi connectivity index (χ2n) is 6.81. The molecule has 1 aromatic rings. The third-order valence-corrected chi connectivity index (χ3v) is 3.78. The van der Waals surface area contributed by atoms with Crippen LogP contribution in [0.5, 0.6) is 11.5 Å². The molecule has 0 aromatic heterocycles. The van der Waals surface area contributed by atoms with Crippen LogP contribution in [-0.2, 0) is 9.47 Å². The number of hydrogen-bond acceptors (Lipinski definition) is 5. The molecule has 0 saturated heterocycles. The van der Waals surface area contributed by atoms with Crippen LogP contribution >= 0.6 is 0 Å². The van der Waals surface area contributed by atoms with E-state index in [-0.39, 0.29) is 0 Å². The summed E-state index contributed by atoms with van der Waals surface area (Å²) >= 11 is 0. The molecule has 0 bridgehead atoms. The van der Waals surface area contributed by atoms with Crippen LogP contribution in [0.25, 0.3) is 0 Å². The van der Waals surface area contributed by atoms with Crippen LogP contribution in [0, 0.1) is 5.92 Å². The van der Waals surface area contributed by atoms with E-state index in [2.05, 4.69) is 29.5 Å². The van der Waals surface area contributed by atoms with E-state index < -0.39 is 0 Å². The lowest BCUT2D eigenvalue weighted by molar-refractivity contribution is 0.109. The molecule has 0 saturated carbocycles. The fourth-order valence-electron chi connectivity index (χ4n) is 2.47. The zero-order valence-electron chi connectivity index (χ0n) is 16.8. The molecule has 152 valence electrons. The Balaban J connectivity index is 1.90. The summed E-state index contributed by atoms with van der Waals surface area (Å²) in [5, 5.41) is 6.60. The summed E-state index contributed by atoms with van der Waals surface area (Å²) in [6, 6.07) is 5.84. The molecule has 0 amide bonds. The average Bonchev–Trinajstić information content (AvgIpc) is 2.89. The Bertz CT molecular complexity index is 578. The zero-order valence-corrected chi connectivity index (χ0v) is 16.8. The molecule has 0 aliphatic carbocycles. The molecule has 0 atom stereocenters. The third kappa shape index (κ3) is 8.49. The van der Waals surface area contributed by atoms with Gasteiger partial charge in [0.2, 0.25) is 0 Å². The molecule has 0 fully saturated rings. The van der Waals surface area contributed by atoms with Crippen molar-refractivity contribution in [2.24, 2.45) is 10.9 Å². The van der Waals surface area contributed by atoms with Crippen LogP contribution in [0.1, 0.15) is 26.7 Å². The van der Waals surface area contributed by atoms with Gasteiger partial charge in [-0.3, -0.25) is 4.99 Å². The summed E-state index contributed by atoms with van der Waals surface area (Å²) in [5.41, 5.74) is 0.902. The summed E-state index contributed by atoms with van der Waals surface area (Å²) in [4.78, 5) is 4.62. The van der Waals surface area contributed by atoms with Crippen molar-refractivity contribution in [2.45, 2.75) is 26.7 Å². The first kappa shape index (κ1) is 21.3. The molecule has 7 nitrogen and oxygen atoms in total. The zero-order chi connectivity index (χ0) is 19.3. The molecular formula is C20H33N3O4. The number of anilines is 1. The molecule has 27 heavy (non-hydrogen) atoms. The largest absolute Gasteiger partial charge is 0.490 e. The SMILES string of the molecule is COCCNC(=NCCCOCC(C)C)Nc1ccc2c(c1)OCCCO2. The van der Waals surface area contributed by atoms with Gasteiger partial charge in [-0.15, -0.1) is 0 Å². The van der Waals surface area contributed by atoms with E-state index in [1.165, 1.54) is 0 Å². The molecule has 0 radical (unpaired) electrons. The van der Waals surface area contributed by atoms with Gasteiger partial charge in [-0.25, -0.2) is 0 Å². The van der Waals surface area contributed by atoms with Gasteiger partial charge in [-0.05, 0) is 24.5 Å². The van der Waals surface area contributed by atoms with Crippen molar-refractivity contribution >= 4 is 11.6 Å². The summed E-state index contributed by atoms with van der Waals surface area (Å²) in [5.74, 6) is 2.81. The quantitative estimate of drug-likeness (QED) is 0.370. The summed E-state index contributed by atoms with van der Waals surface area (Å²) in [6.07, 6.45) is 1.77. The number of guanidine groups is 1. The van der Waals surface area contributed by atoms with E-state index in [1.54, 1.807) is 7.11 Å². The Morgan fingerprint density at radius 3 is 2.78 bits per heavy atom. The van der Waals surface area contributed by atoms with Crippen molar-refractivity contribution in [3.05, 3.63) is 18.2 Å². The maximum Gasteiger partial charge on any atom is 0.195 e. The number of benzene rings is 1. The van der Waals surface area contributed by atoms with Crippen molar-refractivity contribution in [3.8, 4) is 11.5 Å². The lowest BCUT2D eigenvalue weighted by atomic mass is 10.2. The molecular weight excluding hydrogens is 346 g/mol. The highest BCUT2D eigenvalue weighted by Gasteiger charge is 2.11. The van der Waals surface area contributed by atoms with E-state index in [4.69, 9.17) is 18.9 Å². The third-order valence-electron chi connectivity index (χ3n) is 3.78. The van der Waals surface area contributed by atoms with Crippen LogP contribution in [0.2, 0.25) is 0 Å². The van der Waals surface area contributed by atoms with E-state index in [0.717, 1.165) is 43.2 Å². The predicted octanol–water partition coefficient (Wildman–Crippen LogP) is 2.91. The molecule has 2 N–H and O–H groups in total. The van der Waals surface area contributed by atoms with Crippen LogP contribution in [0.4, 0.5) is 5.69 Å². The van der Waals surface area contributed by atoms with Crippen LogP contribution in [0.15, 0.2) is 23.2 Å². The maximum absolute atomic E-state index is 5.75. The number of nitrogens with one attached hydrogen (secondary N) is 2. The van der Waals surface area contributed by atoms with Crippen molar-refractivity contribution in [1.29, 1.82) is 0 Å². The highest BCUT2D eigenvalue weighted by Crippen LogP contribution is 2.32. The van der Waals surface area contributed by atoms with Crippen molar-refractivity contribution in [3.63, 3.8) is 0 Å². The average molecular weight is 380 g/mol. The topological polar surface area (TPSA) is 73.3 Å². The van der Waals surface area contributed by atoms with Crippen molar-refractivity contribution in [2.75, 3.05) is 58.6 Å². The first-order chi connectivity index (χ1) is 13.2. The van der Waals surface area contributed by atoms with Gasteiger partial charge < -0.3 is 29.6 Å². The van der Waals surface area contributed by atoms with Crippen molar-refractivity contribution in [1.82, 2.24) is 5.32 Å². The Kier molecular flexibility index (Phi) is 9.79. The fraction of sp³-hybridized carbons (Fsp3) is 0.650. The van der Waals surface area contributed by atoms with Gasteiger partial charge in [0, 0.05) is 51.6 Å². The number of nitrogens with zero attached hydrogens (tertiary/aromatic N) is 1. The fourth-order valence-corrected chi connectivity index (χ4v) is 2.47. The molecule has 2 rings (SSSR count). The Morgan fingerprint density at radius 2 is 2.00 bits per heavy atom. The van der Waals surface area contributed by atoms with Crippen LogP contribution in [-0.4, -0.2) is 59.2 Å². The smallest absolute Gasteiger partial charge is 0.195 e. The van der Waals surface area contributed by atoms with Gasteiger partial charge in [-0.2, -0.15) is 0 Å². The second-order valence-corrected chi connectivity index (χ2v) is 6.81. The molecule has 0 unspecified atom stereocenters. The van der Waals surface area contributed by atoms with Gasteiger partial charge in [0.1, 0.15) is 0 Å². The van der Waals surface area contributed by atoms with Gasteiger partial charge >= 0.3 is 0 Å². The van der Waals surface area contributed by atoms with E-state index in [9.17, 15) is 0 Å². The van der Waals surface area contributed by atoms with E-state index in [1.807, 2.05) is 18.2 Å². The minimum absolute atomic E-state index is 0.556. The first-order valence-corrected chi connectivity index (χ1v) is 9.70. The minimum atomic E-state index is 0.556. The predicted molar refractivity (Wildman–Crippen MR) is 108 cm³/mol. The monoisotopic (exact) mass is 379 g/mol. The second kappa shape index (κ2) is 12.4. The van der Waals surface area contributed by atoms with Gasteiger partial charge in [0.15, 0.2) is 17.5 Å². The minimum Gasteiger partial charge on any atom is -0.490 e. The van der Waals surface area contributed by atoms with Crippen molar-refractivity contribution < 1.29 is 18.9 Å². The standard InChI is InChI=1S/C20H33N3O4/c1-16(2)15-25-10-4-8-21-20(22-9-13-24-3)23-17-6-7-18-19(14-17)27-12-5-11-26-18/h6-7,14,16H,4-5,8-13,15H2,1-3H3,(H2,21,22,23). The van der Waals surface area contributed by atoms with Crippen LogP contribution < -0.4 is 20.1 Å². The highest BCUT2D eigenvalue weighted by atomic mass is 16.5. The first-order valence-electron chi connectivity index (χ1n) is 9.70. The summed E-state index contributed by atoms with van der Waals surface area (Å²) < 4.78 is 22.1. The maximum atomic E-state index is 5.75. The number of aliphatic imine (C=N–C) groups is 1. The van der Waals surface area contributed by atoms with E-state index in [0.29, 0.717) is 44.8 Å². The molecule has 0 spiro atoms. The number of ether oxygens (including phenoxy) is 4. The molecule has 1 aliphatic heterocycles. The Morgan fingerprint density at radius 1 is 1.19 bits per heavy atom. The Hall–Kier alpha value is -1.99. The molecule has 7 heteroatoms. The number of fused-ring (bicyclic) bond motifs is 1. The van der Waals surface area contributed by atoms with E-state index >= 15 is 0 Å². The van der Waals surface area contributed by atoms with Crippen LogP contribution in [0.3, 0.4) is 0 Å².